The molecule has 7 heteroatoms. The van der Waals surface area contributed by atoms with Gasteiger partial charge in [0.1, 0.15) is 16.1 Å². The van der Waals surface area contributed by atoms with Crippen LogP contribution in [0.4, 0.5) is 4.39 Å². The van der Waals surface area contributed by atoms with Gasteiger partial charge in [-0.05, 0) is 6.07 Å². The summed E-state index contributed by atoms with van der Waals surface area (Å²) in [5.74, 6) is -0.989. The minimum absolute atomic E-state index is 0.261. The van der Waals surface area contributed by atoms with Crippen LogP contribution in [0, 0.1) is 5.82 Å². The van der Waals surface area contributed by atoms with E-state index in [4.69, 9.17) is 0 Å². The lowest BCUT2D eigenvalue weighted by molar-refractivity contribution is -0.140. The van der Waals surface area contributed by atoms with E-state index in [1.807, 2.05) is 0 Å². The standard InChI is InChI=1S/C11H10FN3O2S/c1-17-11(16)10(18-9-6-13-15-14-9)7-4-2-3-5-8(7)12/h2-6,10H,1H3,(H,13,14,15). The Morgan fingerprint density at radius 2 is 2.28 bits per heavy atom. The van der Waals surface area contributed by atoms with E-state index in [1.54, 1.807) is 18.2 Å². The molecule has 0 spiro atoms. The van der Waals surface area contributed by atoms with Gasteiger partial charge < -0.3 is 4.74 Å². The molecule has 0 saturated carbocycles. The van der Waals surface area contributed by atoms with Gasteiger partial charge in [-0.1, -0.05) is 30.0 Å². The van der Waals surface area contributed by atoms with E-state index < -0.39 is 17.0 Å². The minimum Gasteiger partial charge on any atom is -0.468 e. The third-order valence-corrected chi connectivity index (χ3v) is 3.35. The molecule has 2 rings (SSSR count). The number of halogens is 1. The number of esters is 1. The van der Waals surface area contributed by atoms with Gasteiger partial charge in [0.05, 0.1) is 13.3 Å². The molecule has 94 valence electrons. The van der Waals surface area contributed by atoms with Crippen molar-refractivity contribution < 1.29 is 13.9 Å². The lowest BCUT2D eigenvalue weighted by atomic mass is 10.1. The molecule has 1 N–H and O–H groups in total. The summed E-state index contributed by atoms with van der Waals surface area (Å²) in [7, 11) is 1.26. The Labute approximate surface area is 107 Å². The van der Waals surface area contributed by atoms with E-state index in [2.05, 4.69) is 20.1 Å². The Bertz CT molecular complexity index is 533. The first kappa shape index (κ1) is 12.6. The summed E-state index contributed by atoms with van der Waals surface area (Å²) in [4.78, 5) is 11.7. The second-order valence-corrected chi connectivity index (χ2v) is 4.48. The molecule has 0 fully saturated rings. The van der Waals surface area contributed by atoms with Crippen molar-refractivity contribution in [2.45, 2.75) is 10.3 Å². The summed E-state index contributed by atoms with van der Waals surface area (Å²) in [6.07, 6.45) is 1.46. The lowest BCUT2D eigenvalue weighted by Crippen LogP contribution is -2.12. The molecule has 1 unspecified atom stereocenters. The normalized spacial score (nSPS) is 12.1. The quantitative estimate of drug-likeness (QED) is 0.677. The SMILES string of the molecule is COC(=O)C(Sc1cn[nH]n1)c1ccccc1F. The number of hydrogen-bond donors (Lipinski definition) is 1. The molecule has 0 radical (unpaired) electrons. The second kappa shape index (κ2) is 5.63. The molecular weight excluding hydrogens is 257 g/mol. The van der Waals surface area contributed by atoms with Gasteiger partial charge in [-0.15, -0.1) is 5.10 Å². The Kier molecular flexibility index (Phi) is 3.93. The van der Waals surface area contributed by atoms with Crippen LogP contribution in [0.3, 0.4) is 0 Å². The summed E-state index contributed by atoms with van der Waals surface area (Å²) >= 11 is 1.08. The zero-order chi connectivity index (χ0) is 13.0. The number of hydrogen-bond acceptors (Lipinski definition) is 5. The summed E-state index contributed by atoms with van der Waals surface area (Å²) in [5.41, 5.74) is 0.261. The molecule has 1 heterocycles. The number of methoxy groups -OCH3 is 1. The maximum absolute atomic E-state index is 13.7. The van der Waals surface area contributed by atoms with Crippen molar-refractivity contribution in [3.8, 4) is 0 Å². The second-order valence-electron chi connectivity index (χ2n) is 3.35. The number of H-pyrrole nitrogens is 1. The van der Waals surface area contributed by atoms with Crippen molar-refractivity contribution >= 4 is 17.7 Å². The van der Waals surface area contributed by atoms with Crippen LogP contribution in [0.1, 0.15) is 10.8 Å². The number of carbonyl (C=O) groups is 1. The molecule has 0 bridgehead atoms. The minimum atomic E-state index is -0.804. The highest BCUT2D eigenvalue weighted by Crippen LogP contribution is 2.35. The number of aromatic nitrogens is 3. The number of aromatic amines is 1. The number of carbonyl (C=O) groups excluding carboxylic acids is 1. The van der Waals surface area contributed by atoms with Crippen LogP contribution in [-0.4, -0.2) is 28.5 Å². The van der Waals surface area contributed by atoms with Crippen molar-refractivity contribution in [3.63, 3.8) is 0 Å². The first-order valence-corrected chi connectivity index (χ1v) is 5.95. The van der Waals surface area contributed by atoms with Crippen LogP contribution in [0.5, 0.6) is 0 Å². The van der Waals surface area contributed by atoms with Gasteiger partial charge in [0.25, 0.3) is 0 Å². The summed E-state index contributed by atoms with van der Waals surface area (Å²) in [6, 6.07) is 6.07. The number of thioether (sulfide) groups is 1. The van der Waals surface area contributed by atoms with E-state index in [-0.39, 0.29) is 5.56 Å². The first-order valence-electron chi connectivity index (χ1n) is 5.07. The molecule has 1 aromatic carbocycles. The zero-order valence-electron chi connectivity index (χ0n) is 9.46. The summed E-state index contributed by atoms with van der Waals surface area (Å²) in [6.45, 7) is 0. The molecular formula is C11H10FN3O2S. The van der Waals surface area contributed by atoms with Crippen LogP contribution in [-0.2, 0) is 9.53 Å². The smallest absolute Gasteiger partial charge is 0.323 e. The van der Waals surface area contributed by atoms with Crippen molar-refractivity contribution in [1.82, 2.24) is 15.4 Å². The average Bonchev–Trinajstić information content (AvgIpc) is 2.89. The Morgan fingerprint density at radius 3 is 2.89 bits per heavy atom. The van der Waals surface area contributed by atoms with Gasteiger partial charge in [-0.3, -0.25) is 4.79 Å². The van der Waals surface area contributed by atoms with Gasteiger partial charge in [0.15, 0.2) is 0 Å². The summed E-state index contributed by atoms with van der Waals surface area (Å²) in [5, 5.41) is 9.58. The first-order chi connectivity index (χ1) is 8.72. The molecule has 2 aromatic rings. The fourth-order valence-electron chi connectivity index (χ4n) is 1.40. The molecule has 5 nitrogen and oxygen atoms in total. The van der Waals surface area contributed by atoms with Crippen LogP contribution in [0.25, 0.3) is 0 Å². The topological polar surface area (TPSA) is 67.9 Å². The maximum atomic E-state index is 13.7. The predicted octanol–water partition coefficient (Wildman–Crippen LogP) is 1.95. The molecule has 0 aliphatic heterocycles. The largest absolute Gasteiger partial charge is 0.468 e. The molecule has 0 saturated heterocycles. The van der Waals surface area contributed by atoms with Crippen LogP contribution in [0.2, 0.25) is 0 Å². The predicted molar refractivity (Wildman–Crippen MR) is 63.4 cm³/mol. The van der Waals surface area contributed by atoms with Gasteiger partial charge >= 0.3 is 5.97 Å². The number of nitrogens with zero attached hydrogens (tertiary/aromatic N) is 2. The van der Waals surface area contributed by atoms with Gasteiger partial charge in [-0.2, -0.15) is 10.3 Å². The zero-order valence-corrected chi connectivity index (χ0v) is 10.3. The number of nitrogens with one attached hydrogen (secondary N) is 1. The number of rotatable bonds is 4. The van der Waals surface area contributed by atoms with Crippen LogP contribution >= 0.6 is 11.8 Å². The number of ether oxygens (including phenoxy) is 1. The van der Waals surface area contributed by atoms with E-state index >= 15 is 0 Å². The average molecular weight is 267 g/mol. The summed E-state index contributed by atoms with van der Waals surface area (Å²) < 4.78 is 18.4. The molecule has 0 aliphatic rings. The van der Waals surface area contributed by atoms with Gasteiger partial charge in [0.2, 0.25) is 0 Å². The molecule has 0 aliphatic carbocycles. The van der Waals surface area contributed by atoms with Crippen molar-refractivity contribution in [2.75, 3.05) is 7.11 Å². The third kappa shape index (κ3) is 2.67. The number of benzene rings is 1. The highest BCUT2D eigenvalue weighted by atomic mass is 32.2. The van der Waals surface area contributed by atoms with E-state index in [1.165, 1.54) is 19.4 Å². The van der Waals surface area contributed by atoms with Gasteiger partial charge in [0, 0.05) is 5.56 Å². The Morgan fingerprint density at radius 1 is 1.50 bits per heavy atom. The van der Waals surface area contributed by atoms with Crippen LogP contribution < -0.4 is 0 Å². The van der Waals surface area contributed by atoms with E-state index in [0.717, 1.165) is 11.8 Å². The Balaban J connectivity index is 2.31. The van der Waals surface area contributed by atoms with Gasteiger partial charge in [-0.25, -0.2) is 4.39 Å². The highest BCUT2D eigenvalue weighted by molar-refractivity contribution is 8.00. The molecule has 1 aromatic heterocycles. The molecule has 1 atom stereocenters. The van der Waals surface area contributed by atoms with Crippen LogP contribution in [0.15, 0.2) is 35.5 Å². The Hall–Kier alpha value is -1.89. The third-order valence-electron chi connectivity index (χ3n) is 2.23. The van der Waals surface area contributed by atoms with E-state index in [9.17, 15) is 9.18 Å². The fraction of sp³-hybridized carbons (Fsp3) is 0.182. The molecule has 0 amide bonds. The van der Waals surface area contributed by atoms with E-state index in [0.29, 0.717) is 5.03 Å². The fourth-order valence-corrected chi connectivity index (χ4v) is 2.36. The lowest BCUT2D eigenvalue weighted by Gasteiger charge is -2.13. The molecule has 18 heavy (non-hydrogen) atoms. The maximum Gasteiger partial charge on any atom is 0.323 e. The van der Waals surface area contributed by atoms with Crippen molar-refractivity contribution in [2.24, 2.45) is 0 Å². The van der Waals surface area contributed by atoms with Crippen molar-refractivity contribution in [3.05, 3.63) is 41.8 Å². The highest BCUT2D eigenvalue weighted by Gasteiger charge is 2.26. The van der Waals surface area contributed by atoms with Crippen molar-refractivity contribution in [1.29, 1.82) is 0 Å². The monoisotopic (exact) mass is 267 g/mol.